The molecule has 5 heteroatoms. The number of hydrogen-bond acceptors (Lipinski definition) is 5. The molecular formula is C13H15NO4. The summed E-state index contributed by atoms with van der Waals surface area (Å²) in [4.78, 5) is 22.2. The molecule has 0 saturated carbocycles. The van der Waals surface area contributed by atoms with E-state index in [1.165, 1.54) is 13.8 Å². The molecule has 0 radical (unpaired) electrons. The number of carbonyl (C=O) groups is 2. The molecule has 1 aromatic rings. The second kappa shape index (κ2) is 5.08. The zero-order valence-corrected chi connectivity index (χ0v) is 10.4. The van der Waals surface area contributed by atoms with E-state index in [0.717, 1.165) is 30.6 Å². The van der Waals surface area contributed by atoms with Gasteiger partial charge in [-0.15, -0.1) is 0 Å². The molecule has 1 N–H and O–H groups in total. The summed E-state index contributed by atoms with van der Waals surface area (Å²) >= 11 is 0. The van der Waals surface area contributed by atoms with Crippen LogP contribution in [0.5, 0.6) is 11.5 Å². The van der Waals surface area contributed by atoms with E-state index in [1.807, 2.05) is 6.07 Å². The maximum absolute atomic E-state index is 11.1. The average Bonchev–Trinajstić information content (AvgIpc) is 2.31. The molecule has 96 valence electrons. The summed E-state index contributed by atoms with van der Waals surface area (Å²) in [5.41, 5.74) is 1.81. The van der Waals surface area contributed by atoms with Crippen molar-refractivity contribution in [2.45, 2.75) is 26.7 Å². The highest BCUT2D eigenvalue weighted by atomic mass is 16.6. The van der Waals surface area contributed by atoms with Crippen molar-refractivity contribution in [2.24, 2.45) is 0 Å². The van der Waals surface area contributed by atoms with E-state index in [-0.39, 0.29) is 5.75 Å². The average molecular weight is 249 g/mol. The first-order valence-corrected chi connectivity index (χ1v) is 5.84. The first kappa shape index (κ1) is 12.4. The van der Waals surface area contributed by atoms with Gasteiger partial charge in [0, 0.05) is 20.4 Å². The van der Waals surface area contributed by atoms with Crippen molar-refractivity contribution in [2.75, 3.05) is 11.9 Å². The second-order valence-electron chi connectivity index (χ2n) is 4.14. The number of aryl methyl sites for hydroxylation is 1. The molecule has 2 rings (SSSR count). The molecule has 18 heavy (non-hydrogen) atoms. The van der Waals surface area contributed by atoms with Gasteiger partial charge in [0.05, 0.1) is 5.69 Å². The molecule has 0 amide bonds. The lowest BCUT2D eigenvalue weighted by molar-refractivity contribution is -0.134. The topological polar surface area (TPSA) is 64.6 Å². The highest BCUT2D eigenvalue weighted by Crippen LogP contribution is 2.40. The van der Waals surface area contributed by atoms with Gasteiger partial charge < -0.3 is 14.8 Å². The van der Waals surface area contributed by atoms with Gasteiger partial charge >= 0.3 is 11.9 Å². The minimum atomic E-state index is -0.445. The Labute approximate surface area is 105 Å². The number of nitrogens with one attached hydrogen (secondary N) is 1. The third kappa shape index (κ3) is 2.61. The molecule has 0 fully saturated rings. The van der Waals surface area contributed by atoms with E-state index >= 15 is 0 Å². The van der Waals surface area contributed by atoms with Gasteiger partial charge in [0.15, 0.2) is 11.5 Å². The van der Waals surface area contributed by atoms with Crippen molar-refractivity contribution < 1.29 is 19.1 Å². The van der Waals surface area contributed by atoms with Crippen LogP contribution in [0.15, 0.2) is 12.1 Å². The number of benzene rings is 1. The monoisotopic (exact) mass is 249 g/mol. The maximum Gasteiger partial charge on any atom is 0.308 e. The number of ether oxygens (including phenoxy) is 2. The highest BCUT2D eigenvalue weighted by Gasteiger charge is 2.20. The predicted molar refractivity (Wildman–Crippen MR) is 65.9 cm³/mol. The molecule has 0 spiro atoms. The van der Waals surface area contributed by atoms with Crippen LogP contribution in [0.1, 0.15) is 25.8 Å². The number of hydrogen-bond donors (Lipinski definition) is 1. The molecule has 0 saturated heterocycles. The van der Waals surface area contributed by atoms with Crippen LogP contribution in [0.4, 0.5) is 5.69 Å². The molecular weight excluding hydrogens is 234 g/mol. The van der Waals surface area contributed by atoms with Crippen molar-refractivity contribution in [3.05, 3.63) is 17.7 Å². The summed E-state index contributed by atoms with van der Waals surface area (Å²) in [5, 5.41) is 3.18. The van der Waals surface area contributed by atoms with Gasteiger partial charge in [-0.2, -0.15) is 0 Å². The fourth-order valence-corrected chi connectivity index (χ4v) is 1.98. The van der Waals surface area contributed by atoms with Crippen molar-refractivity contribution in [3.8, 4) is 11.5 Å². The number of fused-ring (bicyclic) bond motifs is 1. The zero-order valence-electron chi connectivity index (χ0n) is 10.4. The van der Waals surface area contributed by atoms with Crippen LogP contribution in [-0.2, 0) is 16.0 Å². The van der Waals surface area contributed by atoms with Gasteiger partial charge in [0.1, 0.15) is 0 Å². The van der Waals surface area contributed by atoms with E-state index in [0.29, 0.717) is 5.75 Å². The van der Waals surface area contributed by atoms with Gasteiger partial charge in [-0.3, -0.25) is 9.59 Å². The predicted octanol–water partition coefficient (Wildman–Crippen LogP) is 1.90. The molecule has 1 heterocycles. The molecule has 0 unspecified atom stereocenters. The molecule has 1 aliphatic rings. The number of carbonyl (C=O) groups excluding carboxylic acids is 2. The third-order valence-corrected chi connectivity index (χ3v) is 2.63. The summed E-state index contributed by atoms with van der Waals surface area (Å²) in [6.07, 6.45) is 1.94. The van der Waals surface area contributed by atoms with Crippen LogP contribution < -0.4 is 14.8 Å². The van der Waals surface area contributed by atoms with Crippen LogP contribution in [0.2, 0.25) is 0 Å². The Balaban J connectivity index is 2.45. The fraction of sp³-hybridized carbons (Fsp3) is 0.385. The maximum atomic E-state index is 11.1. The first-order valence-electron chi connectivity index (χ1n) is 5.84. The number of anilines is 1. The van der Waals surface area contributed by atoms with Gasteiger partial charge in [-0.1, -0.05) is 6.07 Å². The molecule has 0 aromatic heterocycles. The molecule has 0 aliphatic carbocycles. The van der Waals surface area contributed by atoms with Crippen LogP contribution in [0.3, 0.4) is 0 Å². The summed E-state index contributed by atoms with van der Waals surface area (Å²) in [7, 11) is 0. The lowest BCUT2D eigenvalue weighted by atomic mass is 10.0. The molecule has 0 atom stereocenters. The van der Waals surface area contributed by atoms with Crippen LogP contribution in [0, 0.1) is 0 Å². The standard InChI is InChI=1S/C13H15NO4/c1-8(15)17-11-6-5-10-4-3-7-14-12(10)13(11)18-9(2)16/h5-6,14H,3-4,7H2,1-2H3. The Bertz CT molecular complexity index is 496. The van der Waals surface area contributed by atoms with Gasteiger partial charge in [-0.25, -0.2) is 0 Å². The lowest BCUT2D eigenvalue weighted by Crippen LogP contribution is -2.16. The van der Waals surface area contributed by atoms with E-state index in [1.54, 1.807) is 6.07 Å². The Hall–Kier alpha value is -2.04. The van der Waals surface area contributed by atoms with Crippen molar-refractivity contribution in [1.29, 1.82) is 0 Å². The van der Waals surface area contributed by atoms with Gasteiger partial charge in [-0.05, 0) is 24.5 Å². The Morgan fingerprint density at radius 3 is 2.56 bits per heavy atom. The normalized spacial score (nSPS) is 13.2. The van der Waals surface area contributed by atoms with Gasteiger partial charge in [0.2, 0.25) is 0 Å². The SMILES string of the molecule is CC(=O)Oc1ccc2c(c1OC(C)=O)NCCC2. The Morgan fingerprint density at radius 2 is 1.89 bits per heavy atom. The Morgan fingerprint density at radius 1 is 1.17 bits per heavy atom. The second-order valence-corrected chi connectivity index (χ2v) is 4.14. The first-order chi connectivity index (χ1) is 8.58. The van der Waals surface area contributed by atoms with E-state index in [9.17, 15) is 9.59 Å². The summed E-state index contributed by atoms with van der Waals surface area (Å²) < 4.78 is 10.2. The zero-order chi connectivity index (χ0) is 13.1. The van der Waals surface area contributed by atoms with Crippen molar-refractivity contribution in [3.63, 3.8) is 0 Å². The number of rotatable bonds is 2. The molecule has 0 bridgehead atoms. The lowest BCUT2D eigenvalue weighted by Gasteiger charge is -2.22. The van der Waals surface area contributed by atoms with Crippen LogP contribution in [-0.4, -0.2) is 18.5 Å². The third-order valence-electron chi connectivity index (χ3n) is 2.63. The molecule has 5 nitrogen and oxygen atoms in total. The highest BCUT2D eigenvalue weighted by molar-refractivity contribution is 5.79. The molecule has 1 aliphatic heterocycles. The Kier molecular flexibility index (Phi) is 3.50. The summed E-state index contributed by atoms with van der Waals surface area (Å²) in [6, 6.07) is 3.54. The minimum Gasteiger partial charge on any atom is -0.423 e. The molecule has 1 aromatic carbocycles. The van der Waals surface area contributed by atoms with E-state index < -0.39 is 11.9 Å². The summed E-state index contributed by atoms with van der Waals surface area (Å²) in [6.45, 7) is 3.44. The van der Waals surface area contributed by atoms with Crippen LogP contribution in [0.25, 0.3) is 0 Å². The summed E-state index contributed by atoms with van der Waals surface area (Å²) in [5.74, 6) is -0.316. The van der Waals surface area contributed by atoms with Crippen molar-refractivity contribution in [1.82, 2.24) is 0 Å². The van der Waals surface area contributed by atoms with Crippen LogP contribution >= 0.6 is 0 Å². The van der Waals surface area contributed by atoms with Crippen molar-refractivity contribution >= 4 is 17.6 Å². The quantitative estimate of drug-likeness (QED) is 0.640. The van der Waals surface area contributed by atoms with E-state index in [2.05, 4.69) is 5.32 Å². The minimum absolute atomic E-state index is 0.269. The fourth-order valence-electron chi connectivity index (χ4n) is 1.98. The smallest absolute Gasteiger partial charge is 0.308 e. The largest absolute Gasteiger partial charge is 0.423 e. The van der Waals surface area contributed by atoms with E-state index in [4.69, 9.17) is 9.47 Å². The van der Waals surface area contributed by atoms with Gasteiger partial charge in [0.25, 0.3) is 0 Å². The number of esters is 2.